The molecule has 0 atom stereocenters. The maximum atomic E-state index is 5.93. The first-order chi connectivity index (χ1) is 11.1. The van der Waals surface area contributed by atoms with Gasteiger partial charge in [0.05, 0.1) is 13.2 Å². The molecule has 1 aromatic carbocycles. The van der Waals surface area contributed by atoms with Gasteiger partial charge in [-0.3, -0.25) is 0 Å². The quantitative estimate of drug-likeness (QED) is 0.633. The molecule has 5 heteroatoms. The summed E-state index contributed by atoms with van der Waals surface area (Å²) < 4.78 is 5.45. The van der Waals surface area contributed by atoms with Crippen molar-refractivity contribution >= 4 is 11.6 Å². The number of nitrogens with two attached hydrogens (primary N) is 1. The number of aromatic nitrogens is 1. The average molecular weight is 312 g/mol. The molecule has 0 bridgehead atoms. The lowest BCUT2D eigenvalue weighted by Gasteiger charge is -2.08. The Morgan fingerprint density at radius 2 is 2.04 bits per heavy atom. The van der Waals surface area contributed by atoms with Gasteiger partial charge >= 0.3 is 0 Å². The standard InChI is InChI=1S/C18H24N4O/c1-4-9-23-17-8-6-15(11-20-17)12-21-18(19)22-16-7-5-13(2)14(3)10-16/h5-8,10-11H,4,9,12H2,1-3H3,(H3,19,21,22). The SMILES string of the molecule is CCCOc1ccc(CN=C(N)Nc2ccc(C)c(C)c2)cn1. The van der Waals surface area contributed by atoms with Crippen molar-refractivity contribution in [3.05, 3.63) is 53.2 Å². The van der Waals surface area contributed by atoms with Crippen molar-refractivity contribution in [2.75, 3.05) is 11.9 Å². The molecule has 1 aromatic heterocycles. The molecule has 0 aliphatic carbocycles. The van der Waals surface area contributed by atoms with E-state index in [9.17, 15) is 0 Å². The van der Waals surface area contributed by atoms with E-state index in [-0.39, 0.29) is 0 Å². The Hall–Kier alpha value is -2.56. The van der Waals surface area contributed by atoms with Crippen molar-refractivity contribution in [1.82, 2.24) is 4.98 Å². The third kappa shape index (κ3) is 5.29. The highest BCUT2D eigenvalue weighted by Gasteiger charge is 1.99. The number of hydrogen-bond donors (Lipinski definition) is 2. The van der Waals surface area contributed by atoms with Crippen LogP contribution < -0.4 is 15.8 Å². The summed E-state index contributed by atoms with van der Waals surface area (Å²) in [4.78, 5) is 8.58. The molecule has 2 rings (SSSR count). The van der Waals surface area contributed by atoms with Gasteiger partial charge in [0.1, 0.15) is 0 Å². The minimum Gasteiger partial charge on any atom is -0.478 e. The van der Waals surface area contributed by atoms with E-state index >= 15 is 0 Å². The van der Waals surface area contributed by atoms with Gasteiger partial charge in [-0.2, -0.15) is 0 Å². The molecule has 3 N–H and O–H groups in total. The number of rotatable bonds is 6. The van der Waals surface area contributed by atoms with Gasteiger partial charge in [-0.1, -0.05) is 19.1 Å². The lowest BCUT2D eigenvalue weighted by atomic mass is 10.1. The number of anilines is 1. The van der Waals surface area contributed by atoms with E-state index in [1.54, 1.807) is 6.20 Å². The Morgan fingerprint density at radius 3 is 2.70 bits per heavy atom. The molecule has 0 aliphatic heterocycles. The van der Waals surface area contributed by atoms with E-state index in [0.717, 1.165) is 17.7 Å². The smallest absolute Gasteiger partial charge is 0.213 e. The van der Waals surface area contributed by atoms with Crippen molar-refractivity contribution in [2.45, 2.75) is 33.7 Å². The second-order valence-corrected chi connectivity index (χ2v) is 5.48. The molecular formula is C18H24N4O. The molecule has 0 amide bonds. The lowest BCUT2D eigenvalue weighted by molar-refractivity contribution is 0.305. The van der Waals surface area contributed by atoms with Gasteiger partial charge in [-0.15, -0.1) is 0 Å². The minimum atomic E-state index is 0.388. The molecule has 2 aromatic rings. The van der Waals surface area contributed by atoms with Crippen LogP contribution in [0.4, 0.5) is 5.69 Å². The first-order valence-corrected chi connectivity index (χ1v) is 7.80. The Balaban J connectivity index is 1.92. The van der Waals surface area contributed by atoms with E-state index < -0.39 is 0 Å². The van der Waals surface area contributed by atoms with Crippen LogP contribution in [0.1, 0.15) is 30.0 Å². The van der Waals surface area contributed by atoms with E-state index in [1.165, 1.54) is 11.1 Å². The van der Waals surface area contributed by atoms with E-state index in [1.807, 2.05) is 18.2 Å². The molecule has 0 aliphatic rings. The molecule has 122 valence electrons. The summed E-state index contributed by atoms with van der Waals surface area (Å²) in [6.45, 7) is 7.37. The zero-order valence-corrected chi connectivity index (χ0v) is 14.0. The lowest BCUT2D eigenvalue weighted by Crippen LogP contribution is -2.22. The van der Waals surface area contributed by atoms with Gasteiger partial charge in [0.2, 0.25) is 5.88 Å². The fourth-order valence-electron chi connectivity index (χ4n) is 1.98. The Kier molecular flexibility index (Phi) is 5.97. The Labute approximate surface area is 137 Å². The fraction of sp³-hybridized carbons (Fsp3) is 0.333. The summed E-state index contributed by atoms with van der Waals surface area (Å²) in [5.74, 6) is 1.03. The van der Waals surface area contributed by atoms with Gasteiger partial charge < -0.3 is 15.8 Å². The molecule has 0 spiro atoms. The number of guanidine groups is 1. The fourth-order valence-corrected chi connectivity index (χ4v) is 1.98. The summed E-state index contributed by atoms with van der Waals surface area (Å²) in [6, 6.07) is 9.91. The highest BCUT2D eigenvalue weighted by atomic mass is 16.5. The molecule has 0 saturated carbocycles. The molecule has 0 fully saturated rings. The maximum Gasteiger partial charge on any atom is 0.213 e. The van der Waals surface area contributed by atoms with Gasteiger partial charge in [-0.05, 0) is 49.1 Å². The Morgan fingerprint density at radius 1 is 1.22 bits per heavy atom. The normalized spacial score (nSPS) is 11.3. The molecule has 23 heavy (non-hydrogen) atoms. The number of nitrogens with zero attached hydrogens (tertiary/aromatic N) is 2. The summed E-state index contributed by atoms with van der Waals surface area (Å²) >= 11 is 0. The van der Waals surface area contributed by atoms with Gasteiger partial charge in [0.15, 0.2) is 5.96 Å². The molecule has 5 nitrogen and oxygen atoms in total. The first kappa shape index (κ1) is 16.8. The van der Waals surface area contributed by atoms with Crippen molar-refractivity contribution in [3.63, 3.8) is 0 Å². The first-order valence-electron chi connectivity index (χ1n) is 7.80. The Bertz CT molecular complexity index is 665. The van der Waals surface area contributed by atoms with Crippen LogP contribution in [0, 0.1) is 13.8 Å². The third-order valence-electron chi connectivity index (χ3n) is 3.46. The number of aliphatic imine (C=N–C) groups is 1. The largest absolute Gasteiger partial charge is 0.478 e. The monoisotopic (exact) mass is 312 g/mol. The predicted octanol–water partition coefficient (Wildman–Crippen LogP) is 3.41. The summed E-state index contributed by atoms with van der Waals surface area (Å²) in [7, 11) is 0. The van der Waals surface area contributed by atoms with Crippen molar-refractivity contribution in [3.8, 4) is 5.88 Å². The number of aryl methyl sites for hydroxylation is 2. The van der Waals surface area contributed by atoms with Crippen LogP contribution in [-0.4, -0.2) is 17.6 Å². The van der Waals surface area contributed by atoms with Crippen molar-refractivity contribution in [2.24, 2.45) is 10.7 Å². The van der Waals surface area contributed by atoms with Crippen molar-refractivity contribution < 1.29 is 4.74 Å². The summed E-state index contributed by atoms with van der Waals surface area (Å²) in [5, 5.41) is 3.10. The number of ether oxygens (including phenoxy) is 1. The predicted molar refractivity (Wildman–Crippen MR) is 94.9 cm³/mol. The molecule has 0 saturated heterocycles. The highest BCUT2D eigenvalue weighted by Crippen LogP contribution is 2.14. The third-order valence-corrected chi connectivity index (χ3v) is 3.46. The van der Waals surface area contributed by atoms with E-state index in [2.05, 4.69) is 48.2 Å². The van der Waals surface area contributed by atoms with E-state index in [0.29, 0.717) is 25.0 Å². The van der Waals surface area contributed by atoms with Crippen LogP contribution in [0.15, 0.2) is 41.5 Å². The van der Waals surface area contributed by atoms with Crippen LogP contribution in [0.3, 0.4) is 0 Å². The van der Waals surface area contributed by atoms with Crippen LogP contribution in [0.2, 0.25) is 0 Å². The molecule has 0 radical (unpaired) electrons. The summed E-state index contributed by atoms with van der Waals surface area (Å²) in [5.41, 5.74) is 10.3. The second kappa shape index (κ2) is 8.17. The summed E-state index contributed by atoms with van der Waals surface area (Å²) in [6.07, 6.45) is 2.73. The maximum absolute atomic E-state index is 5.93. The second-order valence-electron chi connectivity index (χ2n) is 5.48. The van der Waals surface area contributed by atoms with Crippen LogP contribution in [0.5, 0.6) is 5.88 Å². The van der Waals surface area contributed by atoms with Crippen LogP contribution in [0.25, 0.3) is 0 Å². The van der Waals surface area contributed by atoms with E-state index in [4.69, 9.17) is 10.5 Å². The topological polar surface area (TPSA) is 72.5 Å². The average Bonchev–Trinajstić information content (AvgIpc) is 2.55. The van der Waals surface area contributed by atoms with Gasteiger partial charge in [-0.25, -0.2) is 9.98 Å². The highest BCUT2D eigenvalue weighted by molar-refractivity contribution is 5.92. The number of nitrogens with one attached hydrogen (secondary N) is 1. The minimum absolute atomic E-state index is 0.388. The molecule has 1 heterocycles. The van der Waals surface area contributed by atoms with Crippen LogP contribution >= 0.6 is 0 Å². The zero-order chi connectivity index (χ0) is 16.7. The van der Waals surface area contributed by atoms with Crippen LogP contribution in [-0.2, 0) is 6.54 Å². The number of hydrogen-bond acceptors (Lipinski definition) is 3. The molecular weight excluding hydrogens is 288 g/mol. The van der Waals surface area contributed by atoms with Gasteiger partial charge in [0, 0.05) is 18.0 Å². The van der Waals surface area contributed by atoms with Crippen molar-refractivity contribution in [1.29, 1.82) is 0 Å². The number of pyridine rings is 1. The number of benzene rings is 1. The molecule has 0 unspecified atom stereocenters. The zero-order valence-electron chi connectivity index (χ0n) is 14.0. The van der Waals surface area contributed by atoms with Gasteiger partial charge in [0.25, 0.3) is 0 Å².